The highest BCUT2D eigenvalue weighted by molar-refractivity contribution is 5.91. The summed E-state index contributed by atoms with van der Waals surface area (Å²) in [6.07, 6.45) is 1.65. The zero-order valence-corrected chi connectivity index (χ0v) is 10.9. The molecule has 100 valence electrons. The average molecular weight is 259 g/mol. The van der Waals surface area contributed by atoms with Crippen LogP contribution in [0.5, 0.6) is 0 Å². The number of imidazole rings is 1. The van der Waals surface area contributed by atoms with Crippen molar-refractivity contribution in [2.24, 2.45) is 0 Å². The first-order valence-electron chi connectivity index (χ1n) is 6.40. The van der Waals surface area contributed by atoms with Crippen molar-refractivity contribution in [1.29, 1.82) is 0 Å². The Kier molecular flexibility index (Phi) is 3.08. The third-order valence-electron chi connectivity index (χ3n) is 3.46. The molecule has 0 radical (unpaired) electrons. The van der Waals surface area contributed by atoms with Gasteiger partial charge in [0.2, 0.25) is 0 Å². The van der Waals surface area contributed by atoms with Gasteiger partial charge < -0.3 is 20.1 Å². The van der Waals surface area contributed by atoms with Crippen molar-refractivity contribution in [3.8, 4) is 0 Å². The zero-order valence-electron chi connectivity index (χ0n) is 10.9. The second kappa shape index (κ2) is 4.89. The third-order valence-corrected chi connectivity index (χ3v) is 3.46. The van der Waals surface area contributed by atoms with Gasteiger partial charge in [-0.3, -0.25) is 0 Å². The number of rotatable bonds is 1. The van der Waals surface area contributed by atoms with Crippen molar-refractivity contribution >= 4 is 22.8 Å². The number of benzene rings is 1. The molecule has 0 spiro atoms. The van der Waals surface area contributed by atoms with Gasteiger partial charge >= 0.3 is 6.03 Å². The molecule has 2 amide bonds. The topological polar surface area (TPSA) is 64.3 Å². The summed E-state index contributed by atoms with van der Waals surface area (Å²) >= 11 is 0. The van der Waals surface area contributed by atoms with E-state index in [4.69, 9.17) is 0 Å². The molecule has 0 unspecified atom stereocenters. The molecule has 6 heteroatoms. The number of anilines is 1. The van der Waals surface area contributed by atoms with Gasteiger partial charge in [0.05, 0.1) is 17.4 Å². The lowest BCUT2D eigenvalue weighted by Gasteiger charge is -2.32. The summed E-state index contributed by atoms with van der Waals surface area (Å²) in [6.45, 7) is 3.39. The molecule has 3 rings (SSSR count). The Bertz CT molecular complexity index is 585. The summed E-state index contributed by atoms with van der Waals surface area (Å²) in [5, 5.41) is 2.93. The maximum atomic E-state index is 12.1. The molecule has 1 aromatic heterocycles. The standard InChI is InChI=1S/C13H17N5O/c1-17-4-6-18(7-5-17)13(19)16-10-2-3-11-12(8-10)15-9-14-11/h2-3,8-9H,4-7H2,1H3,(H,14,15)(H,16,19). The van der Waals surface area contributed by atoms with Crippen LogP contribution in [-0.4, -0.2) is 59.0 Å². The normalized spacial score (nSPS) is 16.8. The van der Waals surface area contributed by atoms with E-state index < -0.39 is 0 Å². The number of H-pyrrole nitrogens is 1. The molecule has 2 N–H and O–H groups in total. The smallest absolute Gasteiger partial charge is 0.321 e. The number of hydrogen-bond donors (Lipinski definition) is 2. The monoisotopic (exact) mass is 259 g/mol. The van der Waals surface area contributed by atoms with Crippen LogP contribution in [0.1, 0.15) is 0 Å². The van der Waals surface area contributed by atoms with Crippen LogP contribution in [0.3, 0.4) is 0 Å². The summed E-state index contributed by atoms with van der Waals surface area (Å²) in [5.41, 5.74) is 2.62. The summed E-state index contributed by atoms with van der Waals surface area (Å²) < 4.78 is 0. The van der Waals surface area contributed by atoms with Crippen molar-refractivity contribution in [1.82, 2.24) is 19.8 Å². The van der Waals surface area contributed by atoms with E-state index in [1.807, 2.05) is 23.1 Å². The first-order chi connectivity index (χ1) is 9.22. The van der Waals surface area contributed by atoms with Crippen LogP contribution in [0, 0.1) is 0 Å². The zero-order chi connectivity index (χ0) is 13.2. The van der Waals surface area contributed by atoms with Crippen molar-refractivity contribution in [3.63, 3.8) is 0 Å². The number of fused-ring (bicyclic) bond motifs is 1. The highest BCUT2D eigenvalue weighted by Crippen LogP contribution is 2.16. The number of aromatic amines is 1. The highest BCUT2D eigenvalue weighted by Gasteiger charge is 2.18. The fourth-order valence-electron chi connectivity index (χ4n) is 2.23. The number of likely N-dealkylation sites (N-methyl/N-ethyl adjacent to an activating group) is 1. The molecule has 1 aromatic carbocycles. The van der Waals surface area contributed by atoms with E-state index in [-0.39, 0.29) is 6.03 Å². The molecular weight excluding hydrogens is 242 g/mol. The lowest BCUT2D eigenvalue weighted by atomic mass is 10.3. The van der Waals surface area contributed by atoms with Crippen LogP contribution in [-0.2, 0) is 0 Å². The van der Waals surface area contributed by atoms with Gasteiger partial charge in [0.15, 0.2) is 0 Å². The second-order valence-corrected chi connectivity index (χ2v) is 4.85. The van der Waals surface area contributed by atoms with Crippen molar-refractivity contribution in [2.45, 2.75) is 0 Å². The van der Waals surface area contributed by atoms with E-state index in [1.54, 1.807) is 6.33 Å². The quantitative estimate of drug-likeness (QED) is 0.812. The van der Waals surface area contributed by atoms with Gasteiger partial charge in [-0.05, 0) is 25.2 Å². The summed E-state index contributed by atoms with van der Waals surface area (Å²) in [7, 11) is 2.07. The lowest BCUT2D eigenvalue weighted by molar-refractivity contribution is 0.164. The number of nitrogens with zero attached hydrogens (tertiary/aromatic N) is 3. The van der Waals surface area contributed by atoms with Gasteiger partial charge in [-0.15, -0.1) is 0 Å². The molecule has 2 heterocycles. The highest BCUT2D eigenvalue weighted by atomic mass is 16.2. The number of piperazine rings is 1. The van der Waals surface area contributed by atoms with E-state index in [1.165, 1.54) is 0 Å². The SMILES string of the molecule is CN1CCN(C(=O)Nc2ccc3nc[nH]c3c2)CC1. The maximum absolute atomic E-state index is 12.1. The molecule has 2 aromatic rings. The van der Waals surface area contributed by atoms with Gasteiger partial charge in [-0.25, -0.2) is 9.78 Å². The van der Waals surface area contributed by atoms with E-state index >= 15 is 0 Å². The summed E-state index contributed by atoms with van der Waals surface area (Å²) in [5.74, 6) is 0. The van der Waals surface area contributed by atoms with Crippen molar-refractivity contribution in [3.05, 3.63) is 24.5 Å². The Morgan fingerprint density at radius 1 is 1.32 bits per heavy atom. The summed E-state index contributed by atoms with van der Waals surface area (Å²) in [6, 6.07) is 5.63. The number of amides is 2. The third kappa shape index (κ3) is 2.53. The van der Waals surface area contributed by atoms with Gasteiger partial charge in [-0.2, -0.15) is 0 Å². The van der Waals surface area contributed by atoms with Crippen LogP contribution in [0.2, 0.25) is 0 Å². The molecule has 1 aliphatic rings. The number of aromatic nitrogens is 2. The number of urea groups is 1. The predicted octanol–water partition coefficient (Wildman–Crippen LogP) is 1.34. The molecule has 0 atom stereocenters. The van der Waals surface area contributed by atoms with Crippen LogP contribution < -0.4 is 5.32 Å². The molecule has 1 saturated heterocycles. The van der Waals surface area contributed by atoms with Crippen LogP contribution in [0.15, 0.2) is 24.5 Å². The summed E-state index contributed by atoms with van der Waals surface area (Å²) in [4.78, 5) is 23.4. The Balaban J connectivity index is 1.68. The first kappa shape index (κ1) is 12.0. The number of nitrogens with one attached hydrogen (secondary N) is 2. The second-order valence-electron chi connectivity index (χ2n) is 4.85. The Hall–Kier alpha value is -2.08. The molecule has 6 nitrogen and oxygen atoms in total. The molecular formula is C13H17N5O. The number of hydrogen-bond acceptors (Lipinski definition) is 3. The van der Waals surface area contributed by atoms with Crippen molar-refractivity contribution in [2.75, 3.05) is 38.5 Å². The van der Waals surface area contributed by atoms with Gasteiger partial charge in [0, 0.05) is 31.9 Å². The fourth-order valence-corrected chi connectivity index (χ4v) is 2.23. The van der Waals surface area contributed by atoms with Crippen LogP contribution in [0.4, 0.5) is 10.5 Å². The number of carbonyl (C=O) groups excluding carboxylic acids is 1. The van der Waals surface area contributed by atoms with E-state index in [9.17, 15) is 4.79 Å². The Morgan fingerprint density at radius 3 is 2.89 bits per heavy atom. The minimum absolute atomic E-state index is 0.0352. The van der Waals surface area contributed by atoms with Crippen molar-refractivity contribution < 1.29 is 4.79 Å². The minimum atomic E-state index is -0.0352. The van der Waals surface area contributed by atoms with E-state index in [2.05, 4.69) is 27.2 Å². The molecule has 1 aliphatic heterocycles. The fraction of sp³-hybridized carbons (Fsp3) is 0.385. The molecule has 0 saturated carbocycles. The van der Waals surface area contributed by atoms with E-state index in [0.717, 1.165) is 42.9 Å². The van der Waals surface area contributed by atoms with Gasteiger partial charge in [-0.1, -0.05) is 0 Å². The van der Waals surface area contributed by atoms with Gasteiger partial charge in [0.25, 0.3) is 0 Å². The lowest BCUT2D eigenvalue weighted by Crippen LogP contribution is -2.48. The molecule has 0 bridgehead atoms. The average Bonchev–Trinajstić information content (AvgIpc) is 2.87. The first-order valence-corrected chi connectivity index (χ1v) is 6.40. The van der Waals surface area contributed by atoms with Crippen LogP contribution >= 0.6 is 0 Å². The molecule has 1 fully saturated rings. The van der Waals surface area contributed by atoms with Gasteiger partial charge in [0.1, 0.15) is 0 Å². The predicted molar refractivity (Wildman–Crippen MR) is 74.2 cm³/mol. The largest absolute Gasteiger partial charge is 0.345 e. The van der Waals surface area contributed by atoms with E-state index in [0.29, 0.717) is 0 Å². The Morgan fingerprint density at radius 2 is 2.11 bits per heavy atom. The maximum Gasteiger partial charge on any atom is 0.321 e. The molecule has 0 aliphatic carbocycles. The Labute approximate surface area is 111 Å². The van der Waals surface area contributed by atoms with Crippen LogP contribution in [0.25, 0.3) is 11.0 Å². The number of carbonyl (C=O) groups is 1. The minimum Gasteiger partial charge on any atom is -0.345 e. The molecule has 19 heavy (non-hydrogen) atoms.